The Labute approximate surface area is 138 Å². The van der Waals surface area contributed by atoms with E-state index in [1.807, 2.05) is 7.05 Å². The average molecular weight is 343 g/mol. The molecule has 8 heteroatoms. The lowest BCUT2D eigenvalue weighted by Gasteiger charge is -2.34. The molecular weight excluding hydrogens is 323 g/mol. The lowest BCUT2D eigenvalue weighted by atomic mass is 10.0. The first-order chi connectivity index (χ1) is 11.2. The topological polar surface area (TPSA) is 52.7 Å². The molecule has 1 aliphatic heterocycles. The van der Waals surface area contributed by atoms with Gasteiger partial charge in [0.2, 0.25) is 0 Å². The zero-order valence-corrected chi connectivity index (χ0v) is 13.6. The standard InChI is InChI=1S/C16H20F3N3O2/c1-21-8-6-13(7-9-21)22(2)15(24)14(23)20-12-5-3-4-11(10-12)16(17,18)19/h3-5,10,13H,6-9H2,1-2H3,(H,20,23). The molecule has 2 rings (SSSR count). The number of hydrogen-bond acceptors (Lipinski definition) is 3. The highest BCUT2D eigenvalue weighted by Gasteiger charge is 2.31. The second kappa shape index (κ2) is 7.21. The Morgan fingerprint density at radius 1 is 1.25 bits per heavy atom. The summed E-state index contributed by atoms with van der Waals surface area (Å²) in [5, 5.41) is 2.24. The van der Waals surface area contributed by atoms with Gasteiger partial charge in [0, 0.05) is 18.8 Å². The number of amides is 2. The van der Waals surface area contributed by atoms with Crippen molar-refractivity contribution in [3.63, 3.8) is 0 Å². The van der Waals surface area contributed by atoms with Crippen molar-refractivity contribution in [2.45, 2.75) is 25.1 Å². The third kappa shape index (κ3) is 4.47. The molecule has 1 aromatic carbocycles. The van der Waals surface area contributed by atoms with Crippen LogP contribution < -0.4 is 5.32 Å². The van der Waals surface area contributed by atoms with Gasteiger partial charge in [0.25, 0.3) is 0 Å². The van der Waals surface area contributed by atoms with E-state index in [-0.39, 0.29) is 11.7 Å². The van der Waals surface area contributed by atoms with E-state index in [9.17, 15) is 22.8 Å². The van der Waals surface area contributed by atoms with Gasteiger partial charge in [-0.15, -0.1) is 0 Å². The van der Waals surface area contributed by atoms with Crippen molar-refractivity contribution in [3.8, 4) is 0 Å². The Morgan fingerprint density at radius 3 is 2.46 bits per heavy atom. The second-order valence-electron chi connectivity index (χ2n) is 5.98. The summed E-state index contributed by atoms with van der Waals surface area (Å²) in [6, 6.07) is 4.17. The molecule has 1 heterocycles. The molecule has 0 unspecified atom stereocenters. The first-order valence-electron chi connectivity index (χ1n) is 7.62. The number of halogens is 3. The van der Waals surface area contributed by atoms with E-state index >= 15 is 0 Å². The summed E-state index contributed by atoms with van der Waals surface area (Å²) in [7, 11) is 3.53. The van der Waals surface area contributed by atoms with Crippen LogP contribution in [0.25, 0.3) is 0 Å². The Bertz CT molecular complexity index is 611. The second-order valence-corrected chi connectivity index (χ2v) is 5.98. The van der Waals surface area contributed by atoms with Crippen LogP contribution in [0.3, 0.4) is 0 Å². The molecule has 0 atom stereocenters. The highest BCUT2D eigenvalue weighted by atomic mass is 19.4. The molecule has 1 saturated heterocycles. The van der Waals surface area contributed by atoms with Gasteiger partial charge in [0.15, 0.2) is 0 Å². The van der Waals surface area contributed by atoms with Gasteiger partial charge in [-0.25, -0.2) is 0 Å². The number of anilines is 1. The molecule has 1 N–H and O–H groups in total. The van der Waals surface area contributed by atoms with Crippen molar-refractivity contribution in [3.05, 3.63) is 29.8 Å². The zero-order valence-electron chi connectivity index (χ0n) is 13.6. The van der Waals surface area contributed by atoms with Crippen molar-refractivity contribution < 1.29 is 22.8 Å². The highest BCUT2D eigenvalue weighted by Crippen LogP contribution is 2.30. The first-order valence-corrected chi connectivity index (χ1v) is 7.62. The van der Waals surface area contributed by atoms with Gasteiger partial charge in [-0.2, -0.15) is 13.2 Å². The van der Waals surface area contributed by atoms with E-state index in [1.54, 1.807) is 7.05 Å². The number of carbonyl (C=O) groups is 2. The maximum Gasteiger partial charge on any atom is 0.416 e. The van der Waals surface area contributed by atoms with Crippen LogP contribution >= 0.6 is 0 Å². The minimum absolute atomic E-state index is 0.0408. The van der Waals surface area contributed by atoms with Gasteiger partial charge in [0.1, 0.15) is 0 Å². The van der Waals surface area contributed by atoms with Crippen molar-refractivity contribution in [1.29, 1.82) is 0 Å². The third-order valence-corrected chi connectivity index (χ3v) is 4.20. The van der Waals surface area contributed by atoms with Crippen LogP contribution in [0.4, 0.5) is 18.9 Å². The SMILES string of the molecule is CN1CCC(N(C)C(=O)C(=O)Nc2cccc(C(F)(F)F)c2)CC1. The molecule has 1 fully saturated rings. The number of hydrogen-bond donors (Lipinski definition) is 1. The number of alkyl halides is 3. The molecule has 0 aromatic heterocycles. The number of benzene rings is 1. The summed E-state index contributed by atoms with van der Waals surface area (Å²) in [5.41, 5.74) is -0.934. The van der Waals surface area contributed by atoms with Gasteiger partial charge in [-0.3, -0.25) is 9.59 Å². The van der Waals surface area contributed by atoms with Gasteiger partial charge in [-0.05, 0) is 51.2 Å². The lowest BCUT2D eigenvalue weighted by molar-refractivity contribution is -0.144. The number of nitrogens with zero attached hydrogens (tertiary/aromatic N) is 2. The first kappa shape index (κ1) is 18.3. The number of piperidine rings is 1. The molecule has 1 aromatic rings. The maximum atomic E-state index is 12.7. The van der Waals surface area contributed by atoms with E-state index in [2.05, 4.69) is 10.2 Å². The minimum atomic E-state index is -4.50. The summed E-state index contributed by atoms with van der Waals surface area (Å²) in [4.78, 5) is 27.7. The quantitative estimate of drug-likeness (QED) is 0.838. The molecule has 24 heavy (non-hydrogen) atoms. The van der Waals surface area contributed by atoms with E-state index in [0.29, 0.717) is 0 Å². The molecule has 0 aliphatic carbocycles. The van der Waals surface area contributed by atoms with E-state index < -0.39 is 23.6 Å². The summed E-state index contributed by atoms with van der Waals surface area (Å²) in [6.45, 7) is 1.66. The molecule has 132 valence electrons. The van der Waals surface area contributed by atoms with Gasteiger partial charge in [0.05, 0.1) is 5.56 Å². The van der Waals surface area contributed by atoms with Crippen LogP contribution in [0.5, 0.6) is 0 Å². The molecule has 2 amide bonds. The van der Waals surface area contributed by atoms with E-state index in [1.165, 1.54) is 17.0 Å². The normalized spacial score (nSPS) is 16.7. The monoisotopic (exact) mass is 343 g/mol. The molecule has 0 radical (unpaired) electrons. The average Bonchev–Trinajstić information content (AvgIpc) is 2.53. The highest BCUT2D eigenvalue weighted by molar-refractivity contribution is 6.39. The summed E-state index contributed by atoms with van der Waals surface area (Å²) < 4.78 is 38.0. The number of nitrogens with one attached hydrogen (secondary N) is 1. The predicted molar refractivity (Wildman–Crippen MR) is 83.4 cm³/mol. The zero-order chi connectivity index (χ0) is 17.9. The van der Waals surface area contributed by atoms with E-state index in [0.717, 1.165) is 38.1 Å². The smallest absolute Gasteiger partial charge is 0.334 e. The number of carbonyl (C=O) groups excluding carboxylic acids is 2. The third-order valence-electron chi connectivity index (χ3n) is 4.20. The van der Waals surface area contributed by atoms with Crippen molar-refractivity contribution in [2.75, 3.05) is 32.5 Å². The molecular formula is C16H20F3N3O2. The van der Waals surface area contributed by atoms with Crippen LogP contribution in [0.15, 0.2) is 24.3 Å². The largest absolute Gasteiger partial charge is 0.416 e. The number of likely N-dealkylation sites (N-methyl/N-ethyl adjacent to an activating group) is 1. The van der Waals surface area contributed by atoms with E-state index in [4.69, 9.17) is 0 Å². The fourth-order valence-electron chi connectivity index (χ4n) is 2.67. The Balaban J connectivity index is 2.00. The van der Waals surface area contributed by atoms with Crippen LogP contribution in [0, 0.1) is 0 Å². The van der Waals surface area contributed by atoms with Crippen molar-refractivity contribution in [2.24, 2.45) is 0 Å². The van der Waals surface area contributed by atoms with Gasteiger partial charge < -0.3 is 15.1 Å². The molecule has 0 saturated carbocycles. The Morgan fingerprint density at radius 2 is 1.88 bits per heavy atom. The Kier molecular flexibility index (Phi) is 5.48. The summed E-state index contributed by atoms with van der Waals surface area (Å²) in [6.07, 6.45) is -2.99. The van der Waals surface area contributed by atoms with Gasteiger partial charge >= 0.3 is 18.0 Å². The molecule has 0 bridgehead atoms. The fraction of sp³-hybridized carbons (Fsp3) is 0.500. The van der Waals surface area contributed by atoms with Crippen molar-refractivity contribution in [1.82, 2.24) is 9.80 Å². The molecule has 1 aliphatic rings. The van der Waals surface area contributed by atoms with Crippen LogP contribution in [-0.2, 0) is 15.8 Å². The Hall–Kier alpha value is -2.09. The van der Waals surface area contributed by atoms with Gasteiger partial charge in [-0.1, -0.05) is 6.07 Å². The summed E-state index contributed by atoms with van der Waals surface area (Å²) in [5.74, 6) is -1.68. The maximum absolute atomic E-state index is 12.7. The van der Waals surface area contributed by atoms with Crippen LogP contribution in [0.1, 0.15) is 18.4 Å². The fourth-order valence-corrected chi connectivity index (χ4v) is 2.67. The predicted octanol–water partition coefficient (Wildman–Crippen LogP) is 2.20. The molecule has 5 nitrogen and oxygen atoms in total. The number of likely N-dealkylation sites (tertiary alicyclic amines) is 1. The minimum Gasteiger partial charge on any atom is -0.334 e. The van der Waals surface area contributed by atoms with Crippen LogP contribution in [-0.4, -0.2) is 54.8 Å². The lowest BCUT2D eigenvalue weighted by Crippen LogP contribution is -2.47. The molecule has 0 spiro atoms. The summed E-state index contributed by atoms with van der Waals surface area (Å²) >= 11 is 0. The number of rotatable bonds is 2. The van der Waals surface area contributed by atoms with Crippen LogP contribution in [0.2, 0.25) is 0 Å². The van der Waals surface area contributed by atoms with Crippen molar-refractivity contribution >= 4 is 17.5 Å².